The van der Waals surface area contributed by atoms with Gasteiger partial charge in [0.15, 0.2) is 4.34 Å². The van der Waals surface area contributed by atoms with E-state index in [-0.39, 0.29) is 17.9 Å². The Hall–Kier alpha value is -1.15. The monoisotopic (exact) mass is 354 g/mol. The largest absolute Gasteiger partial charge is 0.342 e. The number of carbonyl (C=O) groups excluding carboxylic acids is 2. The molecule has 0 bridgehead atoms. The van der Waals surface area contributed by atoms with Crippen molar-refractivity contribution in [2.75, 3.05) is 23.7 Å². The molecule has 0 spiro atoms. The Balaban J connectivity index is 1.54. The number of carbonyl (C=O) groups is 2. The molecule has 1 saturated heterocycles. The molecule has 1 aliphatic carbocycles. The second kappa shape index (κ2) is 7.17. The number of anilines is 1. The molecule has 0 aromatic carbocycles. The summed E-state index contributed by atoms with van der Waals surface area (Å²) in [5.41, 5.74) is 0. The predicted octanol–water partition coefficient (Wildman–Crippen LogP) is 2.40. The van der Waals surface area contributed by atoms with Crippen molar-refractivity contribution in [3.63, 3.8) is 0 Å². The van der Waals surface area contributed by atoms with E-state index in [0.29, 0.717) is 16.8 Å². The van der Waals surface area contributed by atoms with Gasteiger partial charge in [-0.15, -0.1) is 10.2 Å². The molecule has 3 rings (SSSR count). The first-order valence-corrected chi connectivity index (χ1v) is 9.88. The number of nitrogens with zero attached hydrogens (tertiary/aromatic N) is 4. The van der Waals surface area contributed by atoms with Crippen molar-refractivity contribution < 1.29 is 9.59 Å². The van der Waals surface area contributed by atoms with Gasteiger partial charge in [-0.25, -0.2) is 0 Å². The van der Waals surface area contributed by atoms with E-state index >= 15 is 0 Å². The van der Waals surface area contributed by atoms with E-state index in [1.807, 2.05) is 4.90 Å². The highest BCUT2D eigenvalue weighted by Gasteiger charge is 2.34. The molecule has 1 aromatic heterocycles. The molecule has 8 heteroatoms. The molecule has 1 saturated carbocycles. The topological polar surface area (TPSA) is 66.4 Å². The summed E-state index contributed by atoms with van der Waals surface area (Å²) in [4.78, 5) is 27.7. The SMILES string of the molecule is CC(=O)N(c1nnc(SCC(=O)N2CCCC(C)C2)s1)C1CC1. The highest BCUT2D eigenvalue weighted by molar-refractivity contribution is 8.01. The lowest BCUT2D eigenvalue weighted by Crippen LogP contribution is -2.40. The van der Waals surface area contributed by atoms with Crippen molar-refractivity contribution in [3.8, 4) is 0 Å². The van der Waals surface area contributed by atoms with Gasteiger partial charge in [-0.3, -0.25) is 14.5 Å². The second-order valence-corrected chi connectivity index (χ2v) is 8.53. The molecule has 6 nitrogen and oxygen atoms in total. The third kappa shape index (κ3) is 4.23. The molecule has 126 valence electrons. The molecule has 1 aromatic rings. The molecular weight excluding hydrogens is 332 g/mol. The minimum Gasteiger partial charge on any atom is -0.342 e. The number of likely N-dealkylation sites (tertiary alicyclic amines) is 1. The summed E-state index contributed by atoms with van der Waals surface area (Å²) in [5, 5.41) is 8.91. The van der Waals surface area contributed by atoms with Crippen LogP contribution in [0.25, 0.3) is 0 Å². The third-order valence-electron chi connectivity index (χ3n) is 4.18. The highest BCUT2D eigenvalue weighted by Crippen LogP contribution is 2.35. The molecule has 2 fully saturated rings. The Labute approximate surface area is 144 Å². The second-order valence-electron chi connectivity index (χ2n) is 6.35. The minimum atomic E-state index is 0.0126. The first-order chi connectivity index (χ1) is 11.0. The maximum atomic E-state index is 12.3. The summed E-state index contributed by atoms with van der Waals surface area (Å²) in [6.07, 6.45) is 4.37. The quantitative estimate of drug-likeness (QED) is 0.600. The van der Waals surface area contributed by atoms with Crippen molar-refractivity contribution in [1.82, 2.24) is 15.1 Å². The lowest BCUT2D eigenvalue weighted by molar-refractivity contribution is -0.130. The van der Waals surface area contributed by atoms with E-state index in [0.717, 1.165) is 36.7 Å². The van der Waals surface area contributed by atoms with E-state index < -0.39 is 0 Å². The average molecular weight is 355 g/mol. The van der Waals surface area contributed by atoms with Gasteiger partial charge in [0, 0.05) is 26.1 Å². The Morgan fingerprint density at radius 3 is 2.78 bits per heavy atom. The molecule has 2 amide bonds. The number of hydrogen-bond donors (Lipinski definition) is 0. The first kappa shape index (κ1) is 16.7. The van der Waals surface area contributed by atoms with Crippen molar-refractivity contribution in [2.45, 2.75) is 49.9 Å². The van der Waals surface area contributed by atoms with Crippen LogP contribution < -0.4 is 4.90 Å². The summed E-state index contributed by atoms with van der Waals surface area (Å²) in [6.45, 7) is 5.48. The van der Waals surface area contributed by atoms with Gasteiger partial charge in [-0.2, -0.15) is 0 Å². The number of rotatable bonds is 5. The van der Waals surface area contributed by atoms with Crippen molar-refractivity contribution >= 4 is 40.0 Å². The smallest absolute Gasteiger partial charge is 0.233 e. The van der Waals surface area contributed by atoms with Crippen LogP contribution in [0.15, 0.2) is 4.34 Å². The summed E-state index contributed by atoms with van der Waals surface area (Å²) in [5.74, 6) is 1.17. The van der Waals surface area contributed by atoms with Gasteiger partial charge in [0.2, 0.25) is 16.9 Å². The van der Waals surface area contributed by atoms with Gasteiger partial charge >= 0.3 is 0 Å². The van der Waals surface area contributed by atoms with Crippen LogP contribution in [0.4, 0.5) is 5.13 Å². The van der Waals surface area contributed by atoms with E-state index in [1.54, 1.807) is 11.8 Å². The summed E-state index contributed by atoms with van der Waals surface area (Å²) in [6, 6.07) is 0.287. The zero-order valence-electron chi connectivity index (χ0n) is 13.5. The van der Waals surface area contributed by atoms with Crippen molar-refractivity contribution in [3.05, 3.63) is 0 Å². The standard InChI is InChI=1S/C15H22N4O2S2/c1-10-4-3-7-18(8-10)13(21)9-22-15-17-16-14(23-15)19(11(2)20)12-5-6-12/h10,12H,3-9H2,1-2H3. The van der Waals surface area contributed by atoms with Crippen LogP contribution in [-0.2, 0) is 9.59 Å². The molecule has 0 N–H and O–H groups in total. The van der Waals surface area contributed by atoms with Crippen LogP contribution in [0.5, 0.6) is 0 Å². The highest BCUT2D eigenvalue weighted by atomic mass is 32.2. The molecule has 1 atom stereocenters. The van der Waals surface area contributed by atoms with Crippen LogP contribution in [0.1, 0.15) is 39.5 Å². The molecule has 2 heterocycles. The summed E-state index contributed by atoms with van der Waals surface area (Å²) in [7, 11) is 0. The van der Waals surface area contributed by atoms with Crippen LogP contribution in [-0.4, -0.2) is 51.8 Å². The Kier molecular flexibility index (Phi) is 5.21. The fourth-order valence-electron chi connectivity index (χ4n) is 2.87. The number of thioether (sulfide) groups is 1. The molecule has 23 heavy (non-hydrogen) atoms. The number of piperidine rings is 1. The fourth-order valence-corrected chi connectivity index (χ4v) is 4.73. The maximum absolute atomic E-state index is 12.3. The van der Waals surface area contributed by atoms with Crippen LogP contribution >= 0.6 is 23.1 Å². The molecule has 0 radical (unpaired) electrons. The van der Waals surface area contributed by atoms with Crippen LogP contribution in [0.3, 0.4) is 0 Å². The normalized spacial score (nSPS) is 21.3. The predicted molar refractivity (Wildman–Crippen MR) is 91.8 cm³/mol. The van der Waals surface area contributed by atoms with E-state index in [4.69, 9.17) is 0 Å². The summed E-state index contributed by atoms with van der Waals surface area (Å²) >= 11 is 2.82. The average Bonchev–Trinajstić information content (AvgIpc) is 3.23. The maximum Gasteiger partial charge on any atom is 0.233 e. The van der Waals surface area contributed by atoms with Crippen LogP contribution in [0, 0.1) is 5.92 Å². The molecule has 1 unspecified atom stereocenters. The van der Waals surface area contributed by atoms with E-state index in [1.165, 1.54) is 29.5 Å². The van der Waals surface area contributed by atoms with E-state index in [9.17, 15) is 9.59 Å². The lowest BCUT2D eigenvalue weighted by atomic mass is 10.0. The Bertz CT molecular complexity index is 588. The lowest BCUT2D eigenvalue weighted by Gasteiger charge is -2.30. The van der Waals surface area contributed by atoms with Crippen molar-refractivity contribution in [2.24, 2.45) is 5.92 Å². The van der Waals surface area contributed by atoms with Gasteiger partial charge in [0.05, 0.1) is 5.75 Å². The number of amides is 2. The van der Waals surface area contributed by atoms with Gasteiger partial charge in [-0.1, -0.05) is 30.0 Å². The van der Waals surface area contributed by atoms with Crippen molar-refractivity contribution in [1.29, 1.82) is 0 Å². The van der Waals surface area contributed by atoms with Gasteiger partial charge in [0.25, 0.3) is 0 Å². The zero-order valence-corrected chi connectivity index (χ0v) is 15.2. The Morgan fingerprint density at radius 1 is 1.35 bits per heavy atom. The Morgan fingerprint density at radius 2 is 2.13 bits per heavy atom. The minimum absolute atomic E-state index is 0.0126. The molecule has 2 aliphatic rings. The number of aromatic nitrogens is 2. The number of hydrogen-bond acceptors (Lipinski definition) is 6. The fraction of sp³-hybridized carbons (Fsp3) is 0.733. The third-order valence-corrected chi connectivity index (χ3v) is 6.22. The zero-order chi connectivity index (χ0) is 16.4. The summed E-state index contributed by atoms with van der Waals surface area (Å²) < 4.78 is 0.755. The molecule has 1 aliphatic heterocycles. The molecular formula is C15H22N4O2S2. The van der Waals surface area contributed by atoms with Gasteiger partial charge < -0.3 is 4.90 Å². The van der Waals surface area contributed by atoms with Gasteiger partial charge in [-0.05, 0) is 31.6 Å². The van der Waals surface area contributed by atoms with Gasteiger partial charge in [0.1, 0.15) is 0 Å². The van der Waals surface area contributed by atoms with Crippen LogP contribution in [0.2, 0.25) is 0 Å². The van der Waals surface area contributed by atoms with E-state index in [2.05, 4.69) is 17.1 Å². The first-order valence-electron chi connectivity index (χ1n) is 8.08.